The van der Waals surface area contributed by atoms with Crippen LogP contribution in [0.25, 0.3) is 11.4 Å². The Balaban J connectivity index is 2.69. The van der Waals surface area contributed by atoms with Gasteiger partial charge in [-0.05, 0) is 18.2 Å². The third-order valence-corrected chi connectivity index (χ3v) is 3.20. The van der Waals surface area contributed by atoms with Crippen LogP contribution in [0.15, 0.2) is 30.9 Å². The second kappa shape index (κ2) is 6.07. The molecule has 0 saturated carbocycles. The predicted octanol–water partition coefficient (Wildman–Crippen LogP) is 2.67. The maximum absolute atomic E-state index is 11.5. The first-order valence-electron chi connectivity index (χ1n) is 5.71. The summed E-state index contributed by atoms with van der Waals surface area (Å²) in [5.41, 5.74) is 1.67. The van der Waals surface area contributed by atoms with E-state index in [-0.39, 0.29) is 0 Å². The molecule has 1 aromatic carbocycles. The van der Waals surface area contributed by atoms with Gasteiger partial charge in [-0.15, -0.1) is 0 Å². The first-order chi connectivity index (χ1) is 9.54. The molecule has 0 aliphatic carbocycles. The van der Waals surface area contributed by atoms with Gasteiger partial charge in [-0.2, -0.15) is 5.10 Å². The molecular weight excluding hydrogens is 299 g/mol. The Morgan fingerprint density at radius 2 is 2.10 bits per heavy atom. The lowest BCUT2D eigenvalue weighted by molar-refractivity contribution is -0.103. The van der Waals surface area contributed by atoms with E-state index in [1.165, 1.54) is 17.3 Å². The van der Waals surface area contributed by atoms with Gasteiger partial charge in [0, 0.05) is 24.7 Å². The van der Waals surface area contributed by atoms with Crippen LogP contribution < -0.4 is 0 Å². The summed E-state index contributed by atoms with van der Waals surface area (Å²) in [5, 5.41) is 4.98. The van der Waals surface area contributed by atoms with Crippen LogP contribution in [0, 0.1) is 0 Å². The normalized spacial score (nSPS) is 12.0. The topological polar surface area (TPSA) is 51.0 Å². The van der Waals surface area contributed by atoms with Gasteiger partial charge >= 0.3 is 0 Å². The Kier molecular flexibility index (Phi) is 4.42. The molecule has 20 heavy (non-hydrogen) atoms. The zero-order valence-electron chi connectivity index (χ0n) is 10.9. The Hall–Kier alpha value is -1.85. The van der Waals surface area contributed by atoms with Crippen LogP contribution in [0.4, 0.5) is 0 Å². The zero-order chi connectivity index (χ0) is 14.7. The average molecular weight is 311 g/mol. The van der Waals surface area contributed by atoms with Crippen LogP contribution in [0.3, 0.4) is 0 Å². The third-order valence-electron chi connectivity index (χ3n) is 2.65. The fourth-order valence-electron chi connectivity index (χ4n) is 1.84. The Labute approximate surface area is 126 Å². The van der Waals surface area contributed by atoms with Crippen molar-refractivity contribution in [3.05, 3.63) is 46.5 Å². The van der Waals surface area contributed by atoms with Crippen molar-refractivity contribution in [3.63, 3.8) is 0 Å². The second-order valence-corrected chi connectivity index (χ2v) is 5.05. The van der Waals surface area contributed by atoms with E-state index in [9.17, 15) is 4.79 Å². The number of halogens is 2. The standard InChI is InChI=1S/C13H12Cl2N4O/c1-18(2)13(10-4-3-9(14)5-11(10)15)12(6-20)19-8-16-7-17-19/h3-8H,1-2H3. The van der Waals surface area contributed by atoms with Gasteiger partial charge in [-0.1, -0.05) is 23.2 Å². The monoisotopic (exact) mass is 310 g/mol. The summed E-state index contributed by atoms with van der Waals surface area (Å²) in [4.78, 5) is 17.1. The number of carbonyl (C=O) groups is 1. The second-order valence-electron chi connectivity index (χ2n) is 4.21. The highest BCUT2D eigenvalue weighted by molar-refractivity contribution is 6.36. The van der Waals surface area contributed by atoms with E-state index in [0.29, 0.717) is 27.0 Å². The molecule has 0 saturated heterocycles. The van der Waals surface area contributed by atoms with Crippen LogP contribution in [0.5, 0.6) is 0 Å². The molecular formula is C13H12Cl2N4O. The van der Waals surface area contributed by atoms with E-state index in [2.05, 4.69) is 10.1 Å². The van der Waals surface area contributed by atoms with E-state index >= 15 is 0 Å². The first kappa shape index (κ1) is 14.6. The van der Waals surface area contributed by atoms with Gasteiger partial charge in [0.05, 0.1) is 10.7 Å². The maximum Gasteiger partial charge on any atom is 0.170 e. The molecule has 2 aromatic rings. The van der Waals surface area contributed by atoms with E-state index in [4.69, 9.17) is 23.2 Å². The first-order valence-corrected chi connectivity index (χ1v) is 6.47. The summed E-state index contributed by atoms with van der Waals surface area (Å²) < 4.78 is 1.40. The van der Waals surface area contributed by atoms with Crippen molar-refractivity contribution in [1.29, 1.82) is 0 Å². The number of carbonyl (C=O) groups excluding carboxylic acids is 1. The van der Waals surface area contributed by atoms with Gasteiger partial charge in [0.25, 0.3) is 0 Å². The van der Waals surface area contributed by atoms with Gasteiger partial charge in [0.2, 0.25) is 0 Å². The number of aromatic nitrogens is 3. The minimum Gasteiger partial charge on any atom is -0.375 e. The Morgan fingerprint density at radius 3 is 2.60 bits per heavy atom. The highest BCUT2D eigenvalue weighted by Gasteiger charge is 2.16. The van der Waals surface area contributed by atoms with Crippen LogP contribution in [0.2, 0.25) is 10.0 Å². The molecule has 7 heteroatoms. The van der Waals surface area contributed by atoms with Gasteiger partial charge in [0.15, 0.2) is 6.29 Å². The summed E-state index contributed by atoms with van der Waals surface area (Å²) in [5.74, 6) is 0. The SMILES string of the molecule is CN(C)C(=C(C=O)n1cncn1)c1ccc(Cl)cc1Cl. The van der Waals surface area contributed by atoms with Crippen LogP contribution >= 0.6 is 23.2 Å². The molecule has 104 valence electrons. The summed E-state index contributed by atoms with van der Waals surface area (Å²) in [6, 6.07) is 5.11. The lowest BCUT2D eigenvalue weighted by Gasteiger charge is -2.21. The summed E-state index contributed by atoms with van der Waals surface area (Å²) in [6.07, 6.45) is 3.53. The minimum atomic E-state index is 0.344. The largest absolute Gasteiger partial charge is 0.375 e. The third kappa shape index (κ3) is 2.84. The highest BCUT2D eigenvalue weighted by atomic mass is 35.5. The van der Waals surface area contributed by atoms with Crippen LogP contribution in [-0.4, -0.2) is 40.0 Å². The van der Waals surface area contributed by atoms with Crippen molar-refractivity contribution in [2.75, 3.05) is 14.1 Å². The number of hydrogen-bond acceptors (Lipinski definition) is 4. The zero-order valence-corrected chi connectivity index (χ0v) is 12.4. The van der Waals surface area contributed by atoms with Gasteiger partial charge in [-0.3, -0.25) is 4.79 Å². The minimum absolute atomic E-state index is 0.344. The van der Waals surface area contributed by atoms with E-state index < -0.39 is 0 Å². The molecule has 0 aliphatic heterocycles. The number of benzene rings is 1. The fraction of sp³-hybridized carbons (Fsp3) is 0.154. The lowest BCUT2D eigenvalue weighted by atomic mass is 10.1. The Bertz CT molecular complexity index is 650. The Morgan fingerprint density at radius 1 is 1.35 bits per heavy atom. The van der Waals surface area contributed by atoms with E-state index in [1.54, 1.807) is 23.1 Å². The van der Waals surface area contributed by atoms with E-state index in [1.807, 2.05) is 14.1 Å². The molecule has 5 nitrogen and oxygen atoms in total. The summed E-state index contributed by atoms with van der Waals surface area (Å²) >= 11 is 12.1. The number of aldehydes is 1. The molecule has 0 atom stereocenters. The molecule has 0 N–H and O–H groups in total. The van der Waals surface area contributed by atoms with Crippen molar-refractivity contribution in [1.82, 2.24) is 19.7 Å². The van der Waals surface area contributed by atoms with Crippen molar-refractivity contribution in [3.8, 4) is 0 Å². The van der Waals surface area contributed by atoms with Crippen LogP contribution in [-0.2, 0) is 4.79 Å². The van der Waals surface area contributed by atoms with Crippen molar-refractivity contribution < 1.29 is 4.79 Å². The molecule has 2 rings (SSSR count). The predicted molar refractivity (Wildman–Crippen MR) is 79.3 cm³/mol. The van der Waals surface area contributed by atoms with Crippen LogP contribution in [0.1, 0.15) is 5.56 Å². The number of nitrogens with zero attached hydrogens (tertiary/aromatic N) is 4. The molecule has 1 heterocycles. The van der Waals surface area contributed by atoms with Crippen molar-refractivity contribution in [2.24, 2.45) is 0 Å². The van der Waals surface area contributed by atoms with Gasteiger partial charge in [0.1, 0.15) is 18.4 Å². The molecule has 0 amide bonds. The highest BCUT2D eigenvalue weighted by Crippen LogP contribution is 2.30. The molecule has 1 aromatic heterocycles. The van der Waals surface area contributed by atoms with Gasteiger partial charge in [-0.25, -0.2) is 9.67 Å². The fourth-order valence-corrected chi connectivity index (χ4v) is 2.34. The smallest absolute Gasteiger partial charge is 0.170 e. The molecule has 0 radical (unpaired) electrons. The average Bonchev–Trinajstić information content (AvgIpc) is 2.90. The quantitative estimate of drug-likeness (QED) is 0.643. The maximum atomic E-state index is 11.5. The molecule has 0 fully saturated rings. The van der Waals surface area contributed by atoms with Crippen molar-refractivity contribution in [2.45, 2.75) is 0 Å². The van der Waals surface area contributed by atoms with Gasteiger partial charge < -0.3 is 4.90 Å². The molecule has 0 spiro atoms. The molecule has 0 bridgehead atoms. The number of hydrogen-bond donors (Lipinski definition) is 0. The van der Waals surface area contributed by atoms with Crippen molar-refractivity contribution >= 4 is 40.9 Å². The van der Waals surface area contributed by atoms with E-state index in [0.717, 1.165) is 6.29 Å². The lowest BCUT2D eigenvalue weighted by Crippen LogP contribution is -2.16. The molecule has 0 aliphatic rings. The molecule has 0 unspecified atom stereocenters. The summed E-state index contributed by atoms with van der Waals surface area (Å²) in [7, 11) is 3.64. The number of allylic oxidation sites excluding steroid dienone is 1. The summed E-state index contributed by atoms with van der Waals surface area (Å²) in [6.45, 7) is 0. The number of rotatable bonds is 4.